The predicted molar refractivity (Wildman–Crippen MR) is 61.8 cm³/mol. The van der Waals surface area contributed by atoms with E-state index in [1.165, 1.54) is 12.8 Å². The number of hydrogen-bond donors (Lipinski definition) is 2. The Balaban J connectivity index is 2.03. The molecule has 0 spiro atoms. The van der Waals surface area contributed by atoms with Gasteiger partial charge in [0.25, 0.3) is 0 Å². The standard InChI is InChI=1S/C12H24N2O/c1-3-11(2)8-12(9-13,6-7-15-11)14-10-4-5-10/h10,14H,3-9,13H2,1-2H3. The average molecular weight is 212 g/mol. The minimum atomic E-state index is 0.0273. The Morgan fingerprint density at radius 1 is 1.47 bits per heavy atom. The predicted octanol–water partition coefficient (Wildman–Crippen LogP) is 1.42. The molecule has 1 aliphatic carbocycles. The van der Waals surface area contributed by atoms with Crippen LogP contribution in [0.4, 0.5) is 0 Å². The van der Waals surface area contributed by atoms with E-state index in [0.717, 1.165) is 38.5 Å². The summed E-state index contributed by atoms with van der Waals surface area (Å²) in [5, 5.41) is 3.74. The summed E-state index contributed by atoms with van der Waals surface area (Å²) in [4.78, 5) is 0. The van der Waals surface area contributed by atoms with Crippen molar-refractivity contribution in [2.75, 3.05) is 13.2 Å². The maximum atomic E-state index is 5.97. The summed E-state index contributed by atoms with van der Waals surface area (Å²) in [5.74, 6) is 0. The molecule has 0 aromatic rings. The van der Waals surface area contributed by atoms with Gasteiger partial charge in [0.15, 0.2) is 0 Å². The lowest BCUT2D eigenvalue weighted by molar-refractivity contribution is -0.0997. The van der Waals surface area contributed by atoms with Gasteiger partial charge in [-0.3, -0.25) is 0 Å². The maximum Gasteiger partial charge on any atom is 0.0670 e. The van der Waals surface area contributed by atoms with E-state index in [0.29, 0.717) is 0 Å². The Labute approximate surface area is 92.7 Å². The topological polar surface area (TPSA) is 47.3 Å². The summed E-state index contributed by atoms with van der Waals surface area (Å²) < 4.78 is 5.88. The first kappa shape index (κ1) is 11.4. The second-order valence-electron chi connectivity index (χ2n) is 5.48. The third kappa shape index (κ3) is 2.52. The van der Waals surface area contributed by atoms with E-state index in [9.17, 15) is 0 Å². The van der Waals surface area contributed by atoms with Gasteiger partial charge in [0.05, 0.1) is 5.60 Å². The van der Waals surface area contributed by atoms with Crippen LogP contribution in [0, 0.1) is 0 Å². The lowest BCUT2D eigenvalue weighted by atomic mass is 9.79. The highest BCUT2D eigenvalue weighted by atomic mass is 16.5. The molecule has 1 aliphatic heterocycles. The van der Waals surface area contributed by atoms with Gasteiger partial charge in [-0.15, -0.1) is 0 Å². The molecule has 15 heavy (non-hydrogen) atoms. The van der Waals surface area contributed by atoms with Crippen LogP contribution in [0.5, 0.6) is 0 Å². The van der Waals surface area contributed by atoms with Crippen molar-refractivity contribution in [3.63, 3.8) is 0 Å². The molecule has 0 aromatic heterocycles. The molecule has 0 bridgehead atoms. The van der Waals surface area contributed by atoms with Crippen molar-refractivity contribution in [3.05, 3.63) is 0 Å². The lowest BCUT2D eigenvalue weighted by Crippen LogP contribution is -2.60. The molecule has 0 radical (unpaired) electrons. The average Bonchev–Trinajstić information content (AvgIpc) is 3.02. The fraction of sp³-hybridized carbons (Fsp3) is 1.00. The number of rotatable bonds is 4. The highest BCUT2D eigenvalue weighted by Crippen LogP contribution is 2.36. The zero-order chi connectivity index (χ0) is 10.9. The van der Waals surface area contributed by atoms with Crippen molar-refractivity contribution in [1.82, 2.24) is 5.32 Å². The molecule has 1 heterocycles. The van der Waals surface area contributed by atoms with Crippen molar-refractivity contribution >= 4 is 0 Å². The van der Waals surface area contributed by atoms with Crippen molar-refractivity contribution in [2.45, 2.75) is 63.1 Å². The van der Waals surface area contributed by atoms with Crippen LogP contribution in [0.15, 0.2) is 0 Å². The van der Waals surface area contributed by atoms with Crippen molar-refractivity contribution in [2.24, 2.45) is 5.73 Å². The number of nitrogens with one attached hydrogen (secondary N) is 1. The van der Waals surface area contributed by atoms with Crippen LogP contribution in [0.25, 0.3) is 0 Å². The Bertz CT molecular complexity index is 230. The van der Waals surface area contributed by atoms with E-state index in [2.05, 4.69) is 19.2 Å². The molecule has 2 atom stereocenters. The smallest absolute Gasteiger partial charge is 0.0670 e. The van der Waals surface area contributed by atoms with Gasteiger partial charge in [0, 0.05) is 24.7 Å². The quantitative estimate of drug-likeness (QED) is 0.741. The van der Waals surface area contributed by atoms with Crippen LogP contribution in [-0.4, -0.2) is 30.3 Å². The van der Waals surface area contributed by atoms with Crippen LogP contribution in [0.1, 0.15) is 46.0 Å². The number of hydrogen-bond acceptors (Lipinski definition) is 3. The summed E-state index contributed by atoms with van der Waals surface area (Å²) in [6.07, 6.45) is 5.84. The molecule has 1 saturated heterocycles. The maximum absolute atomic E-state index is 5.97. The normalized spacial score (nSPS) is 41.8. The molecular weight excluding hydrogens is 188 g/mol. The molecule has 3 nitrogen and oxygen atoms in total. The van der Waals surface area contributed by atoms with Crippen LogP contribution < -0.4 is 11.1 Å². The van der Waals surface area contributed by atoms with E-state index in [1.807, 2.05) is 0 Å². The molecule has 0 aromatic carbocycles. The molecular formula is C12H24N2O. The summed E-state index contributed by atoms with van der Waals surface area (Å²) in [7, 11) is 0. The third-order valence-corrected chi connectivity index (χ3v) is 3.97. The highest BCUT2D eigenvalue weighted by Gasteiger charge is 2.43. The Kier molecular flexibility index (Phi) is 3.06. The number of nitrogens with two attached hydrogens (primary N) is 1. The van der Waals surface area contributed by atoms with Crippen molar-refractivity contribution in [1.29, 1.82) is 0 Å². The van der Waals surface area contributed by atoms with Gasteiger partial charge in [-0.25, -0.2) is 0 Å². The minimum absolute atomic E-state index is 0.0273. The van der Waals surface area contributed by atoms with Gasteiger partial charge < -0.3 is 15.8 Å². The second-order valence-corrected chi connectivity index (χ2v) is 5.48. The van der Waals surface area contributed by atoms with E-state index in [1.54, 1.807) is 0 Å². The summed E-state index contributed by atoms with van der Waals surface area (Å²) in [6.45, 7) is 6.00. The fourth-order valence-electron chi connectivity index (χ4n) is 2.59. The molecule has 2 aliphatic rings. The third-order valence-electron chi connectivity index (χ3n) is 3.97. The molecule has 3 N–H and O–H groups in total. The Morgan fingerprint density at radius 3 is 2.73 bits per heavy atom. The highest BCUT2D eigenvalue weighted by molar-refractivity contribution is 5.02. The van der Waals surface area contributed by atoms with Gasteiger partial charge in [-0.1, -0.05) is 6.92 Å². The zero-order valence-corrected chi connectivity index (χ0v) is 10.0. The van der Waals surface area contributed by atoms with Gasteiger partial charge in [-0.05, 0) is 39.0 Å². The first-order chi connectivity index (χ1) is 7.11. The SMILES string of the molecule is CCC1(C)CC(CN)(NC2CC2)CCO1. The van der Waals surface area contributed by atoms with E-state index in [-0.39, 0.29) is 11.1 Å². The van der Waals surface area contributed by atoms with Gasteiger partial charge in [-0.2, -0.15) is 0 Å². The summed E-state index contributed by atoms with van der Waals surface area (Å²) in [5.41, 5.74) is 6.14. The van der Waals surface area contributed by atoms with E-state index < -0.39 is 0 Å². The largest absolute Gasteiger partial charge is 0.375 e. The first-order valence-electron chi connectivity index (χ1n) is 6.23. The molecule has 88 valence electrons. The molecule has 1 saturated carbocycles. The first-order valence-corrected chi connectivity index (χ1v) is 6.23. The van der Waals surface area contributed by atoms with Gasteiger partial charge >= 0.3 is 0 Å². The van der Waals surface area contributed by atoms with E-state index in [4.69, 9.17) is 10.5 Å². The molecule has 0 amide bonds. The zero-order valence-electron chi connectivity index (χ0n) is 10.0. The van der Waals surface area contributed by atoms with Crippen LogP contribution >= 0.6 is 0 Å². The van der Waals surface area contributed by atoms with Crippen molar-refractivity contribution in [3.8, 4) is 0 Å². The van der Waals surface area contributed by atoms with Crippen LogP contribution in [0.3, 0.4) is 0 Å². The molecule has 2 rings (SSSR count). The summed E-state index contributed by atoms with van der Waals surface area (Å²) in [6, 6.07) is 0.729. The van der Waals surface area contributed by atoms with Gasteiger partial charge in [0.2, 0.25) is 0 Å². The number of ether oxygens (including phenoxy) is 1. The van der Waals surface area contributed by atoms with Crippen LogP contribution in [-0.2, 0) is 4.74 Å². The summed E-state index contributed by atoms with van der Waals surface area (Å²) >= 11 is 0. The van der Waals surface area contributed by atoms with E-state index >= 15 is 0 Å². The molecule has 2 unspecified atom stereocenters. The molecule has 3 heteroatoms. The monoisotopic (exact) mass is 212 g/mol. The van der Waals surface area contributed by atoms with Crippen molar-refractivity contribution < 1.29 is 4.74 Å². The lowest BCUT2D eigenvalue weighted by Gasteiger charge is -2.46. The Hall–Kier alpha value is -0.120. The minimum Gasteiger partial charge on any atom is -0.375 e. The molecule has 2 fully saturated rings. The van der Waals surface area contributed by atoms with Crippen LogP contribution in [0.2, 0.25) is 0 Å². The van der Waals surface area contributed by atoms with Gasteiger partial charge in [0.1, 0.15) is 0 Å². The fourth-order valence-corrected chi connectivity index (χ4v) is 2.59. The second kappa shape index (κ2) is 4.04. The Morgan fingerprint density at radius 2 is 2.20 bits per heavy atom.